The number of nitrogens with zero attached hydrogens (tertiary/aromatic N) is 1. The van der Waals surface area contributed by atoms with Crippen LogP contribution in [0.1, 0.15) is 30.4 Å². The van der Waals surface area contributed by atoms with Crippen LogP contribution in [0.4, 0.5) is 15.8 Å². The third-order valence-electron chi connectivity index (χ3n) is 5.60. The van der Waals surface area contributed by atoms with Crippen molar-refractivity contribution in [2.24, 2.45) is 0 Å². The van der Waals surface area contributed by atoms with Gasteiger partial charge < -0.3 is 4.90 Å². The normalized spacial score (nSPS) is 28.0. The summed E-state index contributed by atoms with van der Waals surface area (Å²) in [5.41, 5.74) is 4.72. The molecule has 0 bridgehead atoms. The van der Waals surface area contributed by atoms with Crippen LogP contribution in [0.5, 0.6) is 0 Å². The van der Waals surface area contributed by atoms with Gasteiger partial charge in [0.25, 0.3) is 0 Å². The molecule has 2 fully saturated rings. The zero-order chi connectivity index (χ0) is 16.8. The molecule has 5 rings (SSSR count). The molecule has 1 saturated heterocycles. The van der Waals surface area contributed by atoms with Crippen molar-refractivity contribution in [3.8, 4) is 0 Å². The molecule has 130 valence electrons. The summed E-state index contributed by atoms with van der Waals surface area (Å²) in [4.78, 5) is 2.39. The fourth-order valence-electron chi connectivity index (χ4n) is 4.43. The van der Waals surface area contributed by atoms with Gasteiger partial charge in [-0.15, -0.1) is 0 Å². The highest BCUT2D eigenvalue weighted by atomic mass is 32.2. The molecular formula is C20H20FNO2S. The molecule has 5 heteroatoms. The van der Waals surface area contributed by atoms with Crippen molar-refractivity contribution in [1.29, 1.82) is 0 Å². The number of hydrogen-bond acceptors (Lipinski definition) is 4. The maximum Gasteiger partial charge on any atom is 0.159 e. The summed E-state index contributed by atoms with van der Waals surface area (Å²) in [6.45, 7) is 0. The minimum Gasteiger partial charge on any atom is -0.335 e. The van der Waals surface area contributed by atoms with Gasteiger partial charge in [-0.1, -0.05) is 18.2 Å². The molecular weight excluding hydrogens is 337 g/mol. The first-order valence-corrected chi connectivity index (χ1v) is 9.62. The molecule has 0 N–H and O–H groups in total. The summed E-state index contributed by atoms with van der Waals surface area (Å²) in [7, 11) is 0. The second-order valence-electron chi connectivity index (χ2n) is 7.03. The standard InChI is InChI=1S/C20H20FNO2S/c21-15-10-11-17-14(12-15)9-8-13-4-1-2-5-16(13)22(17)18-6-3-7-19-20(18)24-25-23-19/h1-2,4-5,10-12,18-20H,3,6-9H2/t18-,19-,20+/m1/s1. The van der Waals surface area contributed by atoms with Gasteiger partial charge in [0.05, 0.1) is 6.04 Å². The number of para-hydroxylation sites is 1. The van der Waals surface area contributed by atoms with Gasteiger partial charge in [0.15, 0.2) is 12.3 Å². The van der Waals surface area contributed by atoms with E-state index in [0.29, 0.717) is 0 Å². The minimum absolute atomic E-state index is 0.0443. The minimum atomic E-state index is -0.165. The monoisotopic (exact) mass is 357 g/mol. The number of hydrogen-bond donors (Lipinski definition) is 0. The molecule has 3 aliphatic rings. The van der Waals surface area contributed by atoms with Crippen LogP contribution < -0.4 is 4.90 Å². The maximum absolute atomic E-state index is 13.9. The Balaban J connectivity index is 1.66. The van der Waals surface area contributed by atoms with Crippen LogP contribution in [0, 0.1) is 5.82 Å². The highest BCUT2D eigenvalue weighted by Crippen LogP contribution is 2.45. The summed E-state index contributed by atoms with van der Waals surface area (Å²) in [6.07, 6.45) is 5.18. The highest BCUT2D eigenvalue weighted by molar-refractivity contribution is 7.90. The zero-order valence-electron chi connectivity index (χ0n) is 13.9. The average Bonchev–Trinajstić information content (AvgIpc) is 3.06. The van der Waals surface area contributed by atoms with Gasteiger partial charge >= 0.3 is 0 Å². The SMILES string of the molecule is Fc1ccc2c(c1)CCc1ccccc1N2[C@@H]1CCC[C@H]2OSO[C@@H]12. The molecule has 0 spiro atoms. The van der Waals surface area contributed by atoms with Crippen LogP contribution in [0.15, 0.2) is 42.5 Å². The molecule has 3 nitrogen and oxygen atoms in total. The molecule has 0 aromatic heterocycles. The topological polar surface area (TPSA) is 21.7 Å². The number of fused-ring (bicyclic) bond motifs is 3. The lowest BCUT2D eigenvalue weighted by Gasteiger charge is -2.41. The predicted octanol–water partition coefficient (Wildman–Crippen LogP) is 4.96. The van der Waals surface area contributed by atoms with Crippen molar-refractivity contribution in [3.05, 3.63) is 59.4 Å². The Kier molecular flexibility index (Phi) is 3.95. The van der Waals surface area contributed by atoms with Crippen LogP contribution in [0.25, 0.3) is 0 Å². The second kappa shape index (κ2) is 6.31. The third-order valence-corrected chi connectivity index (χ3v) is 6.22. The van der Waals surface area contributed by atoms with Crippen LogP contribution in [0.2, 0.25) is 0 Å². The Morgan fingerprint density at radius 1 is 0.960 bits per heavy atom. The predicted molar refractivity (Wildman–Crippen MR) is 97.4 cm³/mol. The van der Waals surface area contributed by atoms with E-state index in [1.165, 1.54) is 11.3 Å². The summed E-state index contributed by atoms with van der Waals surface area (Å²) in [5.74, 6) is -0.165. The summed E-state index contributed by atoms with van der Waals surface area (Å²) in [5, 5.41) is 0. The van der Waals surface area contributed by atoms with Gasteiger partial charge in [0.2, 0.25) is 0 Å². The highest BCUT2D eigenvalue weighted by Gasteiger charge is 2.44. The molecule has 3 atom stereocenters. The number of aryl methyl sites for hydroxylation is 2. The molecule has 0 unspecified atom stereocenters. The van der Waals surface area contributed by atoms with E-state index in [1.807, 2.05) is 6.07 Å². The first kappa shape index (κ1) is 15.7. The zero-order valence-corrected chi connectivity index (χ0v) is 14.7. The Bertz CT molecular complexity index is 799. The average molecular weight is 357 g/mol. The van der Waals surface area contributed by atoms with Crippen molar-refractivity contribution >= 4 is 23.7 Å². The second-order valence-corrected chi connectivity index (χ2v) is 7.55. The lowest BCUT2D eigenvalue weighted by Crippen LogP contribution is -2.48. The van der Waals surface area contributed by atoms with Crippen molar-refractivity contribution in [1.82, 2.24) is 0 Å². The van der Waals surface area contributed by atoms with E-state index in [1.54, 1.807) is 12.1 Å². The van der Waals surface area contributed by atoms with E-state index in [2.05, 4.69) is 29.2 Å². The van der Waals surface area contributed by atoms with Crippen LogP contribution >= 0.6 is 12.3 Å². The maximum atomic E-state index is 13.9. The lowest BCUT2D eigenvalue weighted by atomic mass is 9.88. The van der Waals surface area contributed by atoms with Crippen molar-refractivity contribution in [2.75, 3.05) is 4.90 Å². The molecule has 1 aliphatic carbocycles. The number of rotatable bonds is 1. The number of anilines is 2. The summed E-state index contributed by atoms with van der Waals surface area (Å²) >= 11 is 1.13. The van der Waals surface area contributed by atoms with Gasteiger partial charge in [0.1, 0.15) is 18.0 Å². The van der Waals surface area contributed by atoms with Crippen molar-refractivity contribution < 1.29 is 12.8 Å². The van der Waals surface area contributed by atoms with Gasteiger partial charge in [-0.25, -0.2) is 4.39 Å². The first-order valence-electron chi connectivity index (χ1n) is 8.95. The molecule has 1 saturated carbocycles. The Morgan fingerprint density at radius 2 is 1.80 bits per heavy atom. The lowest BCUT2D eigenvalue weighted by molar-refractivity contribution is 0.0920. The molecule has 2 heterocycles. The van der Waals surface area contributed by atoms with Crippen LogP contribution in [0.3, 0.4) is 0 Å². The molecule has 2 aromatic carbocycles. The quantitative estimate of drug-likeness (QED) is 0.672. The summed E-state index contributed by atoms with van der Waals surface area (Å²) < 4.78 is 25.5. The van der Waals surface area contributed by atoms with E-state index in [-0.39, 0.29) is 24.1 Å². The van der Waals surface area contributed by atoms with E-state index >= 15 is 0 Å². The van der Waals surface area contributed by atoms with Gasteiger partial charge in [-0.3, -0.25) is 8.37 Å². The molecule has 0 amide bonds. The van der Waals surface area contributed by atoms with E-state index in [9.17, 15) is 4.39 Å². The molecule has 25 heavy (non-hydrogen) atoms. The number of benzene rings is 2. The third kappa shape index (κ3) is 2.65. The van der Waals surface area contributed by atoms with Crippen molar-refractivity contribution in [2.45, 2.75) is 50.4 Å². The van der Waals surface area contributed by atoms with Gasteiger partial charge in [-0.2, -0.15) is 0 Å². The fourth-order valence-corrected chi connectivity index (χ4v) is 5.13. The van der Waals surface area contributed by atoms with E-state index in [4.69, 9.17) is 8.37 Å². The van der Waals surface area contributed by atoms with E-state index < -0.39 is 0 Å². The number of halogens is 1. The van der Waals surface area contributed by atoms with Crippen LogP contribution in [-0.2, 0) is 21.2 Å². The summed E-state index contributed by atoms with van der Waals surface area (Å²) in [6, 6.07) is 13.9. The fraction of sp³-hybridized carbons (Fsp3) is 0.400. The molecule has 0 radical (unpaired) electrons. The molecule has 2 aliphatic heterocycles. The van der Waals surface area contributed by atoms with E-state index in [0.717, 1.165) is 55.7 Å². The van der Waals surface area contributed by atoms with Crippen molar-refractivity contribution in [3.63, 3.8) is 0 Å². The smallest absolute Gasteiger partial charge is 0.159 e. The Morgan fingerprint density at radius 3 is 2.76 bits per heavy atom. The Hall–Kier alpha value is -1.56. The molecule has 2 aromatic rings. The van der Waals surface area contributed by atoms with Gasteiger partial charge in [-0.05, 0) is 67.5 Å². The Labute approximate surface area is 151 Å². The van der Waals surface area contributed by atoms with Crippen LogP contribution in [-0.4, -0.2) is 18.2 Å². The largest absolute Gasteiger partial charge is 0.335 e. The van der Waals surface area contributed by atoms with Gasteiger partial charge in [0, 0.05) is 11.4 Å². The first-order chi connectivity index (χ1) is 12.3.